The molecule has 36 heavy (non-hydrogen) atoms. The Kier molecular flexibility index (Phi) is 6.03. The zero-order chi connectivity index (χ0) is 24.5. The second kappa shape index (κ2) is 9.48. The van der Waals surface area contributed by atoms with Gasteiger partial charge in [-0.3, -0.25) is 9.79 Å². The number of aliphatic imine (C=N–C) groups is 2. The van der Waals surface area contributed by atoms with Gasteiger partial charge in [0.25, 0.3) is 5.84 Å². The molecule has 4 aliphatic rings. The van der Waals surface area contributed by atoms with Crippen LogP contribution in [-0.2, 0) is 11.4 Å². The van der Waals surface area contributed by atoms with Crippen LogP contribution in [0.3, 0.4) is 0 Å². The number of fused-ring (bicyclic) bond motifs is 1. The number of rotatable bonds is 7. The summed E-state index contributed by atoms with van der Waals surface area (Å²) >= 11 is 0. The van der Waals surface area contributed by atoms with Crippen molar-refractivity contribution < 1.29 is 14.1 Å². The van der Waals surface area contributed by atoms with Gasteiger partial charge in [0.2, 0.25) is 11.6 Å². The summed E-state index contributed by atoms with van der Waals surface area (Å²) in [6, 6.07) is 18.5. The molecular weight excluding hydrogens is 450 g/mol. The largest absolute Gasteiger partial charge is 0.489 e. The Labute approximate surface area is 211 Å². The fourth-order valence-electron chi connectivity index (χ4n) is 5.35. The maximum Gasteiger partial charge on any atom is 0.265 e. The third-order valence-corrected chi connectivity index (χ3v) is 7.57. The maximum absolute atomic E-state index is 12.6. The molecule has 184 valence electrons. The predicted octanol–water partition coefficient (Wildman–Crippen LogP) is 4.57. The first-order valence-electron chi connectivity index (χ1n) is 12.9. The number of hydrogen-bond donors (Lipinski definition) is 2. The van der Waals surface area contributed by atoms with Crippen LogP contribution in [0, 0.1) is 11.8 Å². The minimum absolute atomic E-state index is 0.00304. The lowest BCUT2D eigenvalue weighted by atomic mass is 9.79. The maximum atomic E-state index is 12.6. The van der Waals surface area contributed by atoms with E-state index in [-0.39, 0.29) is 22.3 Å². The van der Waals surface area contributed by atoms with Crippen LogP contribution >= 0.6 is 0 Å². The van der Waals surface area contributed by atoms with E-state index < -0.39 is 0 Å². The minimum atomic E-state index is 0.00304. The van der Waals surface area contributed by atoms with Gasteiger partial charge in [-0.2, -0.15) is 10.8 Å². The van der Waals surface area contributed by atoms with Crippen LogP contribution in [0.15, 0.2) is 88.4 Å². The molecule has 3 N–H and O–H groups in total. The van der Waals surface area contributed by atoms with E-state index in [2.05, 4.69) is 22.4 Å². The van der Waals surface area contributed by atoms with Crippen molar-refractivity contribution in [3.05, 3.63) is 89.5 Å². The number of nitrogens with one attached hydrogen (secondary N) is 1. The molecule has 0 saturated heterocycles. The molecule has 7 nitrogen and oxygen atoms in total. The van der Waals surface area contributed by atoms with E-state index in [1.54, 1.807) is 6.20 Å². The summed E-state index contributed by atoms with van der Waals surface area (Å²) in [4.78, 5) is 22.1. The lowest BCUT2D eigenvalue weighted by Gasteiger charge is -2.29. The lowest BCUT2D eigenvalue weighted by Crippen LogP contribution is -2.53. The molecule has 2 fully saturated rings. The molecule has 0 bridgehead atoms. The zero-order valence-corrected chi connectivity index (χ0v) is 20.3. The number of allylic oxidation sites excluding steroid dienone is 2. The van der Waals surface area contributed by atoms with Gasteiger partial charge >= 0.3 is 0 Å². The van der Waals surface area contributed by atoms with Gasteiger partial charge < -0.3 is 10.1 Å². The first-order chi connectivity index (χ1) is 17.6. The zero-order valence-electron chi connectivity index (χ0n) is 20.3. The number of amidine groups is 1. The number of amides is 1. The second-order valence-electron chi connectivity index (χ2n) is 10.2. The molecule has 0 radical (unpaired) electrons. The lowest BCUT2D eigenvalue weighted by molar-refractivity contribution is -0.750. The van der Waals surface area contributed by atoms with E-state index in [1.807, 2.05) is 54.9 Å². The van der Waals surface area contributed by atoms with Gasteiger partial charge in [0, 0.05) is 17.9 Å². The van der Waals surface area contributed by atoms with Gasteiger partial charge in [-0.15, -0.1) is 4.59 Å². The number of hydrogen-bond acceptors (Lipinski definition) is 5. The van der Waals surface area contributed by atoms with Crippen LogP contribution in [0.25, 0.3) is 0 Å². The van der Waals surface area contributed by atoms with Crippen LogP contribution < -0.4 is 15.9 Å². The molecule has 7 heteroatoms. The quantitative estimate of drug-likeness (QED) is 0.448. The summed E-state index contributed by atoms with van der Waals surface area (Å²) < 4.78 is 6.07. The highest BCUT2D eigenvalue weighted by Gasteiger charge is 2.46. The molecule has 0 aromatic heterocycles. The Hall–Kier alpha value is -3.55. The second-order valence-corrected chi connectivity index (χ2v) is 10.2. The van der Waals surface area contributed by atoms with Gasteiger partial charge in [0.05, 0.1) is 18.0 Å². The molecule has 2 saturated carbocycles. The summed E-state index contributed by atoms with van der Waals surface area (Å²) in [5.74, 6) is 9.09. The summed E-state index contributed by atoms with van der Waals surface area (Å²) in [5, 5.41) is 3.17. The third-order valence-electron chi connectivity index (χ3n) is 7.57. The Morgan fingerprint density at radius 1 is 1.03 bits per heavy atom. The molecule has 0 spiro atoms. The van der Waals surface area contributed by atoms with Crippen LogP contribution in [-0.4, -0.2) is 28.6 Å². The SMILES string of the molecule is N[N+]12C=CN=CC1=C(C1CCC(C(=O)NC3CC3)CC1)N=C2c1cccc(OCc2ccccc2)c1. The van der Waals surface area contributed by atoms with Crippen LogP contribution in [0.5, 0.6) is 5.75 Å². The summed E-state index contributed by atoms with van der Waals surface area (Å²) in [6.07, 6.45) is 11.3. The van der Waals surface area contributed by atoms with Crippen molar-refractivity contribution >= 4 is 18.0 Å². The third kappa shape index (κ3) is 4.52. The van der Waals surface area contributed by atoms with Gasteiger partial charge in [-0.25, -0.2) is 0 Å². The smallest absolute Gasteiger partial charge is 0.265 e. The minimum Gasteiger partial charge on any atom is -0.489 e. The molecule has 1 amide bonds. The number of nitrogens with two attached hydrogens (primary N) is 1. The fourth-order valence-corrected chi connectivity index (χ4v) is 5.35. The number of ether oxygens (including phenoxy) is 1. The Bertz CT molecular complexity index is 1270. The van der Waals surface area contributed by atoms with Crippen molar-refractivity contribution in [2.45, 2.75) is 51.2 Å². The van der Waals surface area contributed by atoms with Crippen molar-refractivity contribution in [1.29, 1.82) is 0 Å². The van der Waals surface area contributed by atoms with E-state index in [1.165, 1.54) is 0 Å². The topological polar surface area (TPSA) is 89.1 Å². The molecule has 1 unspecified atom stereocenters. The Morgan fingerprint density at radius 2 is 1.83 bits per heavy atom. The first kappa shape index (κ1) is 22.9. The summed E-state index contributed by atoms with van der Waals surface area (Å²) in [5.41, 5.74) is 3.95. The average molecular weight is 483 g/mol. The Morgan fingerprint density at radius 3 is 2.61 bits per heavy atom. The van der Waals surface area contributed by atoms with Gasteiger partial charge in [0.1, 0.15) is 24.3 Å². The fraction of sp³-hybridized carbons (Fsp3) is 0.345. The van der Waals surface area contributed by atoms with E-state index in [0.717, 1.165) is 72.6 Å². The molecular formula is C29H32N5O2+. The number of nitrogens with zero attached hydrogens (tertiary/aromatic N) is 3. The van der Waals surface area contributed by atoms with Crippen LogP contribution in [0.1, 0.15) is 49.7 Å². The van der Waals surface area contributed by atoms with Crippen molar-refractivity contribution in [2.75, 3.05) is 0 Å². The van der Waals surface area contributed by atoms with E-state index >= 15 is 0 Å². The average Bonchev–Trinajstić information content (AvgIpc) is 3.68. The number of carbonyl (C=O) groups is 1. The van der Waals surface area contributed by atoms with E-state index in [0.29, 0.717) is 12.6 Å². The molecule has 6 rings (SSSR count). The van der Waals surface area contributed by atoms with Crippen LogP contribution in [0.2, 0.25) is 0 Å². The molecule has 1 atom stereocenters. The molecule has 2 aromatic carbocycles. The highest BCUT2D eigenvalue weighted by atomic mass is 16.5. The highest BCUT2D eigenvalue weighted by Crippen LogP contribution is 2.41. The molecule has 2 heterocycles. The van der Waals surface area contributed by atoms with E-state index in [9.17, 15) is 4.79 Å². The normalized spacial score (nSPS) is 27.0. The molecule has 2 aromatic rings. The van der Waals surface area contributed by atoms with Gasteiger partial charge in [-0.05, 0) is 62.3 Å². The monoisotopic (exact) mass is 482 g/mol. The number of carbonyl (C=O) groups excluding carboxylic acids is 1. The van der Waals surface area contributed by atoms with Gasteiger partial charge in [0.15, 0.2) is 0 Å². The first-order valence-corrected chi connectivity index (χ1v) is 12.9. The highest BCUT2D eigenvalue weighted by molar-refractivity contribution is 6.00. The Balaban J connectivity index is 1.21. The predicted molar refractivity (Wildman–Crippen MR) is 139 cm³/mol. The van der Waals surface area contributed by atoms with E-state index in [4.69, 9.17) is 15.6 Å². The summed E-state index contributed by atoms with van der Waals surface area (Å²) in [6.45, 7) is 0.498. The molecule has 2 aliphatic heterocycles. The van der Waals surface area contributed by atoms with Gasteiger partial charge in [-0.1, -0.05) is 36.4 Å². The molecule has 2 aliphatic carbocycles. The van der Waals surface area contributed by atoms with Crippen molar-refractivity contribution in [1.82, 2.24) is 5.32 Å². The number of quaternary nitrogens is 1. The van der Waals surface area contributed by atoms with Crippen molar-refractivity contribution in [3.8, 4) is 5.75 Å². The van der Waals surface area contributed by atoms with Crippen molar-refractivity contribution in [2.24, 2.45) is 27.7 Å². The number of benzene rings is 2. The standard InChI is InChI=1S/C29H31N5O2/c30-34-16-15-31-18-26(34)27(21-9-11-22(12-10-21)29(35)32-24-13-14-24)33-28(34)23-7-4-8-25(17-23)36-19-20-5-2-1-3-6-20/h1-8,15-18,21-22,24H,9-14,19,30H2/p+1. The summed E-state index contributed by atoms with van der Waals surface area (Å²) in [7, 11) is 0. The van der Waals surface area contributed by atoms with Crippen LogP contribution in [0.4, 0.5) is 0 Å². The van der Waals surface area contributed by atoms with Crippen molar-refractivity contribution in [3.63, 3.8) is 0 Å².